The number of benzene rings is 4. The lowest BCUT2D eigenvalue weighted by molar-refractivity contribution is -0.131. The number of carboxylic acid groups (broad SMARTS) is 1. The van der Waals surface area contributed by atoms with Crippen LogP contribution in [-0.2, 0) is 17.9 Å². The van der Waals surface area contributed by atoms with Crippen molar-refractivity contribution in [2.75, 3.05) is 0 Å². The minimum atomic E-state index is -1.07. The number of hydrogen-bond donors (Lipinski definition) is 2. The third-order valence-corrected chi connectivity index (χ3v) is 5.18. The topological polar surface area (TPSA) is 75.6 Å². The Bertz CT molecular complexity index is 1310. The van der Waals surface area contributed by atoms with E-state index in [9.17, 15) is 9.59 Å². The summed E-state index contributed by atoms with van der Waals surface area (Å²) >= 11 is 0. The van der Waals surface area contributed by atoms with Crippen molar-refractivity contribution in [2.24, 2.45) is 0 Å². The van der Waals surface area contributed by atoms with Gasteiger partial charge in [-0.1, -0.05) is 66.7 Å². The molecule has 164 valence electrons. The van der Waals surface area contributed by atoms with Gasteiger partial charge < -0.3 is 15.2 Å². The molecule has 0 aliphatic rings. The van der Waals surface area contributed by atoms with E-state index in [-0.39, 0.29) is 12.5 Å². The molecule has 2 N–H and O–H groups in total. The SMILES string of the molecule is O=C(O)/C=C/c1ccc(COc2ccccc2)cc1C(=O)NCc1ccc2ccccc2c1. The lowest BCUT2D eigenvalue weighted by atomic mass is 10.0. The van der Waals surface area contributed by atoms with Gasteiger partial charge in [-0.15, -0.1) is 0 Å². The summed E-state index contributed by atoms with van der Waals surface area (Å²) in [7, 11) is 0. The predicted octanol–water partition coefficient (Wildman–Crippen LogP) is 5.45. The van der Waals surface area contributed by atoms with Gasteiger partial charge in [0.25, 0.3) is 5.91 Å². The summed E-state index contributed by atoms with van der Waals surface area (Å²) in [5, 5.41) is 14.2. The van der Waals surface area contributed by atoms with E-state index in [0.29, 0.717) is 17.7 Å². The van der Waals surface area contributed by atoms with Gasteiger partial charge in [0.1, 0.15) is 12.4 Å². The lowest BCUT2D eigenvalue weighted by Crippen LogP contribution is -2.24. The molecule has 0 aliphatic carbocycles. The highest BCUT2D eigenvalue weighted by Gasteiger charge is 2.12. The zero-order valence-corrected chi connectivity index (χ0v) is 17.9. The first-order valence-electron chi connectivity index (χ1n) is 10.6. The second kappa shape index (κ2) is 10.3. The molecule has 5 nitrogen and oxygen atoms in total. The number of fused-ring (bicyclic) bond motifs is 1. The number of carbonyl (C=O) groups excluding carboxylic acids is 1. The molecular weight excluding hydrogens is 414 g/mol. The van der Waals surface area contributed by atoms with E-state index in [4.69, 9.17) is 9.84 Å². The molecule has 0 radical (unpaired) electrons. The molecular formula is C28H23NO4. The number of carbonyl (C=O) groups is 2. The van der Waals surface area contributed by atoms with E-state index in [1.807, 2.05) is 78.9 Å². The van der Waals surface area contributed by atoms with Crippen LogP contribution in [0.3, 0.4) is 0 Å². The molecule has 1 amide bonds. The van der Waals surface area contributed by atoms with Crippen LogP contribution in [-0.4, -0.2) is 17.0 Å². The molecule has 0 spiro atoms. The van der Waals surface area contributed by atoms with Gasteiger partial charge in [0, 0.05) is 18.2 Å². The highest BCUT2D eigenvalue weighted by molar-refractivity contribution is 5.99. The first-order valence-corrected chi connectivity index (χ1v) is 10.6. The standard InChI is InChI=1S/C28H23NO4/c30-27(31)15-14-23-13-11-21(19-33-25-8-2-1-3-9-25)17-26(23)28(32)29-18-20-10-12-22-6-4-5-7-24(22)16-20/h1-17H,18-19H2,(H,29,32)(H,30,31)/b15-14+. The van der Waals surface area contributed by atoms with Crippen LogP contribution in [0.5, 0.6) is 5.75 Å². The van der Waals surface area contributed by atoms with E-state index in [1.54, 1.807) is 12.1 Å². The van der Waals surface area contributed by atoms with Crippen molar-refractivity contribution < 1.29 is 19.4 Å². The van der Waals surface area contributed by atoms with Gasteiger partial charge in [-0.25, -0.2) is 4.79 Å². The van der Waals surface area contributed by atoms with Gasteiger partial charge in [0.15, 0.2) is 0 Å². The fourth-order valence-electron chi connectivity index (χ4n) is 3.51. The predicted molar refractivity (Wildman–Crippen MR) is 129 cm³/mol. The number of aliphatic carboxylic acids is 1. The fourth-order valence-corrected chi connectivity index (χ4v) is 3.51. The highest BCUT2D eigenvalue weighted by atomic mass is 16.5. The summed E-state index contributed by atoms with van der Waals surface area (Å²) in [5.41, 5.74) is 2.70. The minimum Gasteiger partial charge on any atom is -0.489 e. The summed E-state index contributed by atoms with van der Waals surface area (Å²) in [6.45, 7) is 0.647. The van der Waals surface area contributed by atoms with Crippen LogP contribution in [0.15, 0.2) is 97.1 Å². The van der Waals surface area contributed by atoms with Crippen molar-refractivity contribution in [1.82, 2.24) is 5.32 Å². The van der Waals surface area contributed by atoms with Crippen molar-refractivity contribution in [1.29, 1.82) is 0 Å². The van der Waals surface area contributed by atoms with Gasteiger partial charge in [-0.3, -0.25) is 4.79 Å². The maximum atomic E-state index is 13.0. The number of nitrogens with one attached hydrogen (secondary N) is 1. The Balaban J connectivity index is 1.52. The molecule has 0 aromatic heterocycles. The zero-order chi connectivity index (χ0) is 23.0. The Morgan fingerprint density at radius 3 is 2.33 bits per heavy atom. The quantitative estimate of drug-likeness (QED) is 0.360. The number of amides is 1. The van der Waals surface area contributed by atoms with E-state index >= 15 is 0 Å². The van der Waals surface area contributed by atoms with Crippen LogP contribution < -0.4 is 10.1 Å². The first-order chi connectivity index (χ1) is 16.1. The second-order valence-electron chi connectivity index (χ2n) is 7.56. The molecule has 33 heavy (non-hydrogen) atoms. The van der Waals surface area contributed by atoms with Crippen molar-refractivity contribution in [3.8, 4) is 5.75 Å². The molecule has 0 fully saturated rings. The van der Waals surface area contributed by atoms with Crippen molar-refractivity contribution in [3.05, 3.63) is 119 Å². The molecule has 5 heteroatoms. The van der Waals surface area contributed by atoms with Gasteiger partial charge in [-0.05, 0) is 57.8 Å². The third-order valence-electron chi connectivity index (χ3n) is 5.18. The maximum Gasteiger partial charge on any atom is 0.328 e. The number of para-hydroxylation sites is 1. The van der Waals surface area contributed by atoms with Crippen molar-refractivity contribution in [2.45, 2.75) is 13.2 Å². The number of rotatable bonds is 8. The Morgan fingerprint density at radius 2 is 1.55 bits per heavy atom. The molecule has 0 heterocycles. The summed E-state index contributed by atoms with van der Waals surface area (Å²) in [4.78, 5) is 24.0. The summed E-state index contributed by atoms with van der Waals surface area (Å²) < 4.78 is 5.79. The largest absolute Gasteiger partial charge is 0.489 e. The van der Waals surface area contributed by atoms with Crippen LogP contribution in [0.1, 0.15) is 27.0 Å². The van der Waals surface area contributed by atoms with Crippen LogP contribution in [0.2, 0.25) is 0 Å². The van der Waals surface area contributed by atoms with Crippen LogP contribution >= 0.6 is 0 Å². The van der Waals surface area contributed by atoms with Crippen LogP contribution in [0.25, 0.3) is 16.8 Å². The Morgan fingerprint density at radius 1 is 0.818 bits per heavy atom. The normalized spacial score (nSPS) is 10.9. The summed E-state index contributed by atoms with van der Waals surface area (Å²) in [5.74, 6) is -0.626. The Hall–Kier alpha value is -4.38. The summed E-state index contributed by atoms with van der Waals surface area (Å²) in [6, 6.07) is 28.8. The molecule has 4 rings (SSSR count). The molecule has 0 atom stereocenters. The minimum absolute atomic E-state index is 0.283. The third kappa shape index (κ3) is 5.86. The molecule has 0 saturated carbocycles. The van der Waals surface area contributed by atoms with Gasteiger partial charge in [-0.2, -0.15) is 0 Å². The highest BCUT2D eigenvalue weighted by Crippen LogP contribution is 2.19. The van der Waals surface area contributed by atoms with E-state index in [2.05, 4.69) is 5.32 Å². The average molecular weight is 437 g/mol. The van der Waals surface area contributed by atoms with Gasteiger partial charge >= 0.3 is 5.97 Å². The number of ether oxygens (including phenoxy) is 1. The van der Waals surface area contributed by atoms with E-state index < -0.39 is 5.97 Å². The second-order valence-corrected chi connectivity index (χ2v) is 7.56. The monoisotopic (exact) mass is 437 g/mol. The average Bonchev–Trinajstić information content (AvgIpc) is 2.85. The van der Waals surface area contributed by atoms with Crippen molar-refractivity contribution >= 4 is 28.7 Å². The lowest BCUT2D eigenvalue weighted by Gasteiger charge is -2.12. The number of carboxylic acids is 1. The fraction of sp³-hybridized carbons (Fsp3) is 0.0714. The molecule has 0 aliphatic heterocycles. The van der Waals surface area contributed by atoms with Crippen LogP contribution in [0, 0.1) is 0 Å². The van der Waals surface area contributed by atoms with Gasteiger partial charge in [0.2, 0.25) is 0 Å². The zero-order valence-electron chi connectivity index (χ0n) is 17.9. The smallest absolute Gasteiger partial charge is 0.328 e. The molecule has 0 saturated heterocycles. The molecule has 0 unspecified atom stereocenters. The molecule has 0 bridgehead atoms. The van der Waals surface area contributed by atoms with E-state index in [0.717, 1.165) is 33.7 Å². The van der Waals surface area contributed by atoms with Crippen LogP contribution in [0.4, 0.5) is 0 Å². The maximum absolute atomic E-state index is 13.0. The first kappa shape index (κ1) is 21.8. The molecule has 4 aromatic rings. The summed E-state index contributed by atoms with van der Waals surface area (Å²) in [6.07, 6.45) is 2.45. The Labute approximate surface area is 192 Å². The van der Waals surface area contributed by atoms with Gasteiger partial charge in [0.05, 0.1) is 0 Å². The van der Waals surface area contributed by atoms with Crippen molar-refractivity contribution in [3.63, 3.8) is 0 Å². The molecule has 4 aromatic carbocycles. The van der Waals surface area contributed by atoms with E-state index in [1.165, 1.54) is 6.08 Å². The number of hydrogen-bond acceptors (Lipinski definition) is 3. The Kier molecular flexibility index (Phi) is 6.81.